The molecule has 0 bridgehead atoms. The van der Waals surface area contributed by atoms with Crippen molar-refractivity contribution < 1.29 is 18.0 Å². The van der Waals surface area contributed by atoms with Crippen molar-refractivity contribution in [1.82, 2.24) is 5.32 Å². The molecule has 0 heterocycles. The van der Waals surface area contributed by atoms with E-state index in [1.165, 1.54) is 24.3 Å². The second-order valence-electron chi connectivity index (χ2n) is 4.97. The van der Waals surface area contributed by atoms with Gasteiger partial charge < -0.3 is 11.1 Å². The molecule has 2 aromatic carbocycles. The van der Waals surface area contributed by atoms with Crippen LogP contribution >= 0.6 is 0 Å². The zero-order valence-electron chi connectivity index (χ0n) is 11.9. The first-order valence-electron chi connectivity index (χ1n) is 6.58. The zero-order valence-corrected chi connectivity index (χ0v) is 11.9. The molecule has 0 atom stereocenters. The van der Waals surface area contributed by atoms with Crippen LogP contribution in [0.15, 0.2) is 42.5 Å². The molecule has 0 saturated heterocycles. The summed E-state index contributed by atoms with van der Waals surface area (Å²) >= 11 is 0. The van der Waals surface area contributed by atoms with E-state index >= 15 is 0 Å². The second-order valence-corrected chi connectivity index (χ2v) is 4.97. The average molecular weight is 308 g/mol. The molecule has 3 nitrogen and oxygen atoms in total. The van der Waals surface area contributed by atoms with Gasteiger partial charge in [0.2, 0.25) is 0 Å². The molecule has 0 saturated carbocycles. The fourth-order valence-electron chi connectivity index (χ4n) is 2.17. The van der Waals surface area contributed by atoms with Gasteiger partial charge in [0.25, 0.3) is 5.91 Å². The minimum atomic E-state index is -4.45. The Morgan fingerprint density at radius 2 is 1.86 bits per heavy atom. The predicted octanol–water partition coefficient (Wildman–Crippen LogP) is 3.53. The van der Waals surface area contributed by atoms with Crippen molar-refractivity contribution in [3.8, 4) is 0 Å². The van der Waals surface area contributed by atoms with Gasteiger partial charge in [-0.1, -0.05) is 18.2 Å². The number of hydrogen-bond acceptors (Lipinski definition) is 2. The summed E-state index contributed by atoms with van der Waals surface area (Å²) in [6.45, 7) is 1.58. The topological polar surface area (TPSA) is 55.1 Å². The molecule has 0 spiro atoms. The van der Waals surface area contributed by atoms with E-state index in [0.717, 1.165) is 11.6 Å². The minimum Gasteiger partial charge on any atom is -0.399 e. The number of anilines is 1. The number of rotatable bonds is 3. The van der Waals surface area contributed by atoms with Crippen LogP contribution in [0.4, 0.5) is 18.9 Å². The molecule has 0 aliphatic carbocycles. The summed E-state index contributed by atoms with van der Waals surface area (Å²) in [7, 11) is 0. The monoisotopic (exact) mass is 308 g/mol. The van der Waals surface area contributed by atoms with E-state index in [-0.39, 0.29) is 12.1 Å². The Kier molecular flexibility index (Phi) is 4.40. The number of nitrogen functional groups attached to an aromatic ring is 1. The van der Waals surface area contributed by atoms with Gasteiger partial charge in [0.1, 0.15) is 0 Å². The third-order valence-corrected chi connectivity index (χ3v) is 3.12. The number of aryl methyl sites for hydroxylation is 1. The molecule has 6 heteroatoms. The molecular weight excluding hydrogens is 293 g/mol. The number of hydrogen-bond donors (Lipinski definition) is 2. The summed E-state index contributed by atoms with van der Waals surface area (Å²) in [5, 5.41) is 2.49. The van der Waals surface area contributed by atoms with Crippen molar-refractivity contribution in [1.29, 1.82) is 0 Å². The lowest BCUT2D eigenvalue weighted by atomic mass is 10.1. The standard InChI is InChI=1S/C16H15F3N2O/c1-10-6-12(8-13(20)7-10)15(22)21-9-11-4-2-3-5-14(11)16(17,18)19/h2-8H,9,20H2,1H3,(H,21,22). The number of amides is 1. The molecule has 0 unspecified atom stereocenters. The number of nitrogens with two attached hydrogens (primary N) is 1. The molecule has 3 N–H and O–H groups in total. The number of benzene rings is 2. The lowest BCUT2D eigenvalue weighted by molar-refractivity contribution is -0.138. The smallest absolute Gasteiger partial charge is 0.399 e. The molecule has 1 amide bonds. The number of halogens is 3. The first-order chi connectivity index (χ1) is 10.3. The van der Waals surface area contributed by atoms with Crippen molar-refractivity contribution in [3.63, 3.8) is 0 Å². The molecule has 0 aliphatic rings. The van der Waals surface area contributed by atoms with Crippen molar-refractivity contribution in [3.05, 3.63) is 64.7 Å². The van der Waals surface area contributed by atoms with Gasteiger partial charge in [0, 0.05) is 17.8 Å². The van der Waals surface area contributed by atoms with Gasteiger partial charge in [-0.05, 0) is 42.3 Å². The quantitative estimate of drug-likeness (QED) is 0.852. The number of nitrogens with one attached hydrogen (secondary N) is 1. The highest BCUT2D eigenvalue weighted by Gasteiger charge is 2.32. The lowest BCUT2D eigenvalue weighted by Gasteiger charge is -2.13. The Bertz CT molecular complexity index is 676. The molecule has 0 aromatic heterocycles. The first-order valence-corrected chi connectivity index (χ1v) is 6.58. The van der Waals surface area contributed by atoms with Gasteiger partial charge in [-0.3, -0.25) is 4.79 Å². The predicted molar refractivity (Wildman–Crippen MR) is 78.2 cm³/mol. The first kappa shape index (κ1) is 15.9. The summed E-state index contributed by atoms with van der Waals surface area (Å²) in [5.74, 6) is -0.465. The van der Waals surface area contributed by atoms with Crippen molar-refractivity contribution in [2.75, 3.05) is 5.73 Å². The molecule has 0 radical (unpaired) electrons. The van der Waals surface area contributed by atoms with Crippen molar-refractivity contribution in [2.45, 2.75) is 19.6 Å². The SMILES string of the molecule is Cc1cc(N)cc(C(=O)NCc2ccccc2C(F)(F)F)c1. The van der Waals surface area contributed by atoms with Crippen LogP contribution in [0, 0.1) is 6.92 Å². The minimum absolute atomic E-state index is 0.0176. The molecule has 2 rings (SSSR count). The van der Waals surface area contributed by atoms with Gasteiger partial charge in [0.05, 0.1) is 5.56 Å². The maximum absolute atomic E-state index is 12.9. The van der Waals surface area contributed by atoms with E-state index in [9.17, 15) is 18.0 Å². The van der Waals surface area contributed by atoms with Crippen LogP contribution < -0.4 is 11.1 Å². The molecular formula is C16H15F3N2O. The van der Waals surface area contributed by atoms with Crippen LogP contribution in [0.25, 0.3) is 0 Å². The maximum Gasteiger partial charge on any atom is 0.416 e. The van der Waals surface area contributed by atoms with E-state index in [1.54, 1.807) is 19.1 Å². The second kappa shape index (κ2) is 6.09. The molecule has 116 valence electrons. The molecule has 22 heavy (non-hydrogen) atoms. The van der Waals surface area contributed by atoms with Crippen molar-refractivity contribution in [2.24, 2.45) is 0 Å². The fourth-order valence-corrected chi connectivity index (χ4v) is 2.17. The summed E-state index contributed by atoms with van der Waals surface area (Å²) in [5.41, 5.74) is 6.48. The van der Waals surface area contributed by atoms with Crippen LogP contribution in [0.5, 0.6) is 0 Å². The Morgan fingerprint density at radius 3 is 2.50 bits per heavy atom. The third kappa shape index (κ3) is 3.78. The van der Waals surface area contributed by atoms with E-state index in [4.69, 9.17) is 5.73 Å². The number of carbonyl (C=O) groups is 1. The van der Waals surface area contributed by atoms with Crippen LogP contribution in [-0.4, -0.2) is 5.91 Å². The van der Waals surface area contributed by atoms with Gasteiger partial charge >= 0.3 is 6.18 Å². The molecule has 0 fully saturated rings. The van der Waals surface area contributed by atoms with Crippen LogP contribution in [0.2, 0.25) is 0 Å². The maximum atomic E-state index is 12.9. The van der Waals surface area contributed by atoms with E-state index in [2.05, 4.69) is 5.32 Å². The Hall–Kier alpha value is -2.50. The number of carbonyl (C=O) groups excluding carboxylic acids is 1. The molecule has 2 aromatic rings. The van der Waals surface area contributed by atoms with Crippen molar-refractivity contribution >= 4 is 11.6 Å². The van der Waals surface area contributed by atoms with Crippen LogP contribution in [0.1, 0.15) is 27.0 Å². The Morgan fingerprint density at radius 1 is 1.18 bits per heavy atom. The molecule has 0 aliphatic heterocycles. The van der Waals surface area contributed by atoms with Gasteiger partial charge in [-0.15, -0.1) is 0 Å². The summed E-state index contributed by atoms with van der Waals surface area (Å²) in [4.78, 5) is 12.0. The third-order valence-electron chi connectivity index (χ3n) is 3.12. The number of alkyl halides is 3. The Balaban J connectivity index is 2.15. The highest BCUT2D eigenvalue weighted by Crippen LogP contribution is 2.31. The van der Waals surface area contributed by atoms with Gasteiger partial charge in [-0.25, -0.2) is 0 Å². The van der Waals surface area contributed by atoms with E-state index in [0.29, 0.717) is 11.3 Å². The zero-order chi connectivity index (χ0) is 16.3. The average Bonchev–Trinajstić information content (AvgIpc) is 2.43. The van der Waals surface area contributed by atoms with E-state index in [1.807, 2.05) is 0 Å². The summed E-state index contributed by atoms with van der Waals surface area (Å²) in [6.07, 6.45) is -4.45. The van der Waals surface area contributed by atoms with Crippen LogP contribution in [0.3, 0.4) is 0 Å². The lowest BCUT2D eigenvalue weighted by Crippen LogP contribution is -2.24. The fraction of sp³-hybridized carbons (Fsp3) is 0.188. The van der Waals surface area contributed by atoms with Crippen LogP contribution in [-0.2, 0) is 12.7 Å². The summed E-state index contributed by atoms with van der Waals surface area (Å²) in [6, 6.07) is 9.96. The highest BCUT2D eigenvalue weighted by atomic mass is 19.4. The van der Waals surface area contributed by atoms with Gasteiger partial charge in [0.15, 0.2) is 0 Å². The van der Waals surface area contributed by atoms with Gasteiger partial charge in [-0.2, -0.15) is 13.2 Å². The largest absolute Gasteiger partial charge is 0.416 e. The van der Waals surface area contributed by atoms with E-state index < -0.39 is 17.6 Å². The normalized spacial score (nSPS) is 11.3. The highest BCUT2D eigenvalue weighted by molar-refractivity contribution is 5.95. The summed E-state index contributed by atoms with van der Waals surface area (Å²) < 4.78 is 38.6. The Labute approximate surface area is 125 Å².